The summed E-state index contributed by atoms with van der Waals surface area (Å²) in [6.45, 7) is 2.60. The Bertz CT molecular complexity index is 723. The summed E-state index contributed by atoms with van der Waals surface area (Å²) >= 11 is 7.59. The number of rotatable bonds is 3. The molecule has 1 aliphatic carbocycles. The van der Waals surface area contributed by atoms with Crippen molar-refractivity contribution in [3.05, 3.63) is 28.2 Å². The lowest BCUT2D eigenvalue weighted by molar-refractivity contribution is -0.123. The Kier molecular flexibility index (Phi) is 3.59. The van der Waals surface area contributed by atoms with E-state index in [4.69, 9.17) is 11.6 Å². The monoisotopic (exact) mass is 335 g/mol. The molecule has 1 atom stereocenters. The molecule has 2 aromatic rings. The molecule has 1 aromatic carbocycles. The molecule has 1 aromatic heterocycles. The van der Waals surface area contributed by atoms with E-state index >= 15 is 0 Å². The van der Waals surface area contributed by atoms with E-state index in [1.807, 2.05) is 18.2 Å². The van der Waals surface area contributed by atoms with Gasteiger partial charge in [-0.2, -0.15) is 0 Å². The number of halogens is 1. The first-order chi connectivity index (χ1) is 10.7. The van der Waals surface area contributed by atoms with Gasteiger partial charge in [0.15, 0.2) is 0 Å². The molecule has 116 valence electrons. The fraction of sp³-hybridized carbons (Fsp3) is 0.500. The second-order valence-corrected chi connectivity index (χ2v) is 7.86. The summed E-state index contributed by atoms with van der Waals surface area (Å²) in [6.07, 6.45) is 3.31. The van der Waals surface area contributed by atoms with E-state index in [0.29, 0.717) is 11.6 Å². The molecule has 6 heteroatoms. The van der Waals surface area contributed by atoms with Gasteiger partial charge in [0.05, 0.1) is 16.8 Å². The summed E-state index contributed by atoms with van der Waals surface area (Å²) < 4.78 is 1.11. The van der Waals surface area contributed by atoms with Crippen molar-refractivity contribution in [2.45, 2.75) is 25.8 Å². The van der Waals surface area contributed by atoms with Crippen LogP contribution in [-0.4, -0.2) is 24.0 Å². The van der Waals surface area contributed by atoms with Crippen molar-refractivity contribution in [2.24, 2.45) is 11.3 Å². The summed E-state index contributed by atoms with van der Waals surface area (Å²) in [7, 11) is 0. The van der Waals surface area contributed by atoms with Gasteiger partial charge < -0.3 is 10.6 Å². The molecule has 4 nitrogen and oxygen atoms in total. The smallest absolute Gasteiger partial charge is 0.224 e. The highest BCUT2D eigenvalue weighted by atomic mass is 35.5. The van der Waals surface area contributed by atoms with Crippen LogP contribution in [0.4, 0.5) is 0 Å². The minimum atomic E-state index is 0.194. The van der Waals surface area contributed by atoms with E-state index in [9.17, 15) is 4.79 Å². The molecule has 22 heavy (non-hydrogen) atoms. The van der Waals surface area contributed by atoms with Crippen molar-refractivity contribution in [1.82, 2.24) is 15.6 Å². The van der Waals surface area contributed by atoms with Gasteiger partial charge in [-0.25, -0.2) is 4.98 Å². The normalized spacial score (nSPS) is 22.9. The van der Waals surface area contributed by atoms with Crippen molar-refractivity contribution in [3.8, 4) is 0 Å². The summed E-state index contributed by atoms with van der Waals surface area (Å²) in [5.41, 5.74) is 1.19. The van der Waals surface area contributed by atoms with Gasteiger partial charge in [0.1, 0.15) is 5.01 Å². The van der Waals surface area contributed by atoms with Crippen LogP contribution in [0, 0.1) is 11.3 Å². The highest BCUT2D eigenvalue weighted by Crippen LogP contribution is 2.58. The molecular formula is C16H18ClN3OS. The molecule has 2 fully saturated rings. The zero-order valence-corrected chi connectivity index (χ0v) is 13.8. The molecule has 4 rings (SSSR count). The van der Waals surface area contributed by atoms with Crippen LogP contribution in [0.5, 0.6) is 0 Å². The van der Waals surface area contributed by atoms with Gasteiger partial charge in [-0.05, 0) is 56.0 Å². The average molecular weight is 336 g/mol. The number of benzene rings is 1. The minimum absolute atomic E-state index is 0.194. The first-order valence-corrected chi connectivity index (χ1v) is 8.89. The number of carbonyl (C=O) groups is 1. The van der Waals surface area contributed by atoms with E-state index in [1.54, 1.807) is 11.3 Å². The van der Waals surface area contributed by atoms with Gasteiger partial charge in [-0.3, -0.25) is 4.79 Å². The van der Waals surface area contributed by atoms with E-state index in [1.165, 1.54) is 0 Å². The Hall–Kier alpha value is -1.17. The average Bonchev–Trinajstić information content (AvgIpc) is 3.05. The van der Waals surface area contributed by atoms with Gasteiger partial charge in [-0.15, -0.1) is 11.3 Å². The van der Waals surface area contributed by atoms with Crippen LogP contribution in [0.3, 0.4) is 0 Å². The SMILES string of the molecule is O=C(NCc1nc2cc(Cl)ccc2s1)C1CC12CCNCC2. The first-order valence-electron chi connectivity index (χ1n) is 7.70. The number of fused-ring (bicyclic) bond motifs is 1. The van der Waals surface area contributed by atoms with E-state index < -0.39 is 0 Å². The zero-order chi connectivity index (χ0) is 15.2. The molecular weight excluding hydrogens is 318 g/mol. The highest BCUT2D eigenvalue weighted by molar-refractivity contribution is 7.18. The molecule has 2 heterocycles. The van der Waals surface area contributed by atoms with Crippen LogP contribution < -0.4 is 10.6 Å². The van der Waals surface area contributed by atoms with Crippen LogP contribution in [0.25, 0.3) is 10.2 Å². The topological polar surface area (TPSA) is 54.0 Å². The molecule has 1 amide bonds. The molecule has 1 unspecified atom stereocenters. The van der Waals surface area contributed by atoms with Crippen LogP contribution in [0.15, 0.2) is 18.2 Å². The minimum Gasteiger partial charge on any atom is -0.349 e. The largest absolute Gasteiger partial charge is 0.349 e. The van der Waals surface area contributed by atoms with Crippen LogP contribution in [-0.2, 0) is 11.3 Å². The Morgan fingerprint density at radius 1 is 1.45 bits per heavy atom. The van der Waals surface area contributed by atoms with Gasteiger partial charge >= 0.3 is 0 Å². The third-order valence-electron chi connectivity index (χ3n) is 4.91. The number of carbonyl (C=O) groups excluding carboxylic acids is 1. The van der Waals surface area contributed by atoms with Gasteiger partial charge in [-0.1, -0.05) is 11.6 Å². The lowest BCUT2D eigenvalue weighted by Crippen LogP contribution is -2.33. The third kappa shape index (κ3) is 2.62. The quantitative estimate of drug-likeness (QED) is 0.906. The van der Waals surface area contributed by atoms with Crippen LogP contribution in [0.2, 0.25) is 5.02 Å². The molecule has 1 saturated carbocycles. The Morgan fingerprint density at radius 2 is 2.27 bits per heavy atom. The van der Waals surface area contributed by atoms with Crippen molar-refractivity contribution >= 4 is 39.1 Å². The first kappa shape index (κ1) is 14.4. The summed E-state index contributed by atoms with van der Waals surface area (Å²) in [5.74, 6) is 0.401. The lowest BCUT2D eigenvalue weighted by atomic mass is 9.92. The summed E-state index contributed by atoms with van der Waals surface area (Å²) in [5, 5.41) is 8.06. The van der Waals surface area contributed by atoms with Crippen molar-refractivity contribution in [3.63, 3.8) is 0 Å². The number of amides is 1. The summed E-state index contributed by atoms with van der Waals surface area (Å²) in [4.78, 5) is 16.9. The number of nitrogens with zero attached hydrogens (tertiary/aromatic N) is 1. The summed E-state index contributed by atoms with van der Waals surface area (Å²) in [6, 6.07) is 5.71. The molecule has 0 bridgehead atoms. The molecule has 0 radical (unpaired) electrons. The Labute approximate surface area is 138 Å². The Morgan fingerprint density at radius 3 is 3.09 bits per heavy atom. The van der Waals surface area contributed by atoms with Gasteiger partial charge in [0, 0.05) is 10.9 Å². The number of aromatic nitrogens is 1. The number of thiazole rings is 1. The zero-order valence-electron chi connectivity index (χ0n) is 12.2. The van der Waals surface area contributed by atoms with Gasteiger partial charge in [0.2, 0.25) is 5.91 Å². The van der Waals surface area contributed by atoms with E-state index in [0.717, 1.165) is 47.6 Å². The molecule has 2 aliphatic rings. The maximum Gasteiger partial charge on any atom is 0.224 e. The highest BCUT2D eigenvalue weighted by Gasteiger charge is 2.57. The maximum absolute atomic E-state index is 12.3. The standard InChI is InChI=1S/C16H18ClN3OS/c17-10-1-2-13-12(7-10)20-14(22-13)9-19-15(21)11-8-16(11)3-5-18-6-4-16/h1-2,7,11,18H,3-6,8-9H2,(H,19,21). The number of hydrogen-bond donors (Lipinski definition) is 2. The Balaban J connectivity index is 1.38. The van der Waals surface area contributed by atoms with Crippen molar-refractivity contribution in [2.75, 3.05) is 13.1 Å². The maximum atomic E-state index is 12.3. The van der Waals surface area contributed by atoms with Crippen molar-refractivity contribution < 1.29 is 4.79 Å². The van der Waals surface area contributed by atoms with Crippen molar-refractivity contribution in [1.29, 1.82) is 0 Å². The molecule has 1 saturated heterocycles. The molecule has 1 aliphatic heterocycles. The number of nitrogens with one attached hydrogen (secondary N) is 2. The third-order valence-corrected chi connectivity index (χ3v) is 6.18. The van der Waals surface area contributed by atoms with Crippen LogP contribution >= 0.6 is 22.9 Å². The fourth-order valence-electron chi connectivity index (χ4n) is 3.51. The second kappa shape index (κ2) is 5.48. The lowest BCUT2D eigenvalue weighted by Gasteiger charge is -2.23. The predicted molar refractivity (Wildman–Crippen MR) is 89.1 cm³/mol. The number of hydrogen-bond acceptors (Lipinski definition) is 4. The van der Waals surface area contributed by atoms with Gasteiger partial charge in [0.25, 0.3) is 0 Å². The van der Waals surface area contributed by atoms with E-state index in [2.05, 4.69) is 15.6 Å². The molecule has 1 spiro atoms. The predicted octanol–water partition coefficient (Wildman–Crippen LogP) is 2.96. The number of piperidine rings is 1. The van der Waals surface area contributed by atoms with Crippen LogP contribution in [0.1, 0.15) is 24.3 Å². The second-order valence-electron chi connectivity index (χ2n) is 6.31. The fourth-order valence-corrected chi connectivity index (χ4v) is 4.56. The molecule has 2 N–H and O–H groups in total. The van der Waals surface area contributed by atoms with E-state index in [-0.39, 0.29) is 17.2 Å².